The number of aliphatic hydroxyl groups is 1. The molecule has 18 heavy (non-hydrogen) atoms. The standard InChI is InChI=1S/C14H17F3O/c1-2-8-13(18,10-6-7-10)11-4-3-5-12(9-11)14(15,16)17/h3-5,9-10,18H,2,6-8H2,1H3. The van der Waals surface area contributed by atoms with Gasteiger partial charge in [0.2, 0.25) is 0 Å². The molecule has 100 valence electrons. The van der Waals surface area contributed by atoms with Crippen LogP contribution in [0.1, 0.15) is 43.7 Å². The van der Waals surface area contributed by atoms with E-state index >= 15 is 0 Å². The average Bonchev–Trinajstić information content (AvgIpc) is 3.12. The van der Waals surface area contributed by atoms with Crippen molar-refractivity contribution >= 4 is 0 Å². The van der Waals surface area contributed by atoms with Crippen LogP contribution in [0.5, 0.6) is 0 Å². The van der Waals surface area contributed by atoms with E-state index in [0.29, 0.717) is 12.0 Å². The van der Waals surface area contributed by atoms with Gasteiger partial charge in [-0.15, -0.1) is 0 Å². The third-order valence-electron chi connectivity index (χ3n) is 3.57. The molecule has 1 aliphatic rings. The quantitative estimate of drug-likeness (QED) is 0.862. The van der Waals surface area contributed by atoms with Crippen LogP contribution in [0.3, 0.4) is 0 Å². The molecule has 1 saturated carbocycles. The van der Waals surface area contributed by atoms with E-state index in [9.17, 15) is 18.3 Å². The Labute approximate surface area is 105 Å². The molecule has 1 atom stereocenters. The molecule has 0 radical (unpaired) electrons. The van der Waals surface area contributed by atoms with E-state index in [1.807, 2.05) is 6.92 Å². The van der Waals surface area contributed by atoms with Crippen molar-refractivity contribution < 1.29 is 18.3 Å². The van der Waals surface area contributed by atoms with Gasteiger partial charge in [0, 0.05) is 0 Å². The lowest BCUT2D eigenvalue weighted by atomic mass is 9.84. The third-order valence-corrected chi connectivity index (χ3v) is 3.57. The molecular weight excluding hydrogens is 241 g/mol. The zero-order valence-electron chi connectivity index (χ0n) is 10.3. The van der Waals surface area contributed by atoms with Gasteiger partial charge in [-0.25, -0.2) is 0 Å². The van der Waals surface area contributed by atoms with Crippen LogP contribution >= 0.6 is 0 Å². The molecule has 1 fully saturated rings. The Hall–Kier alpha value is -1.03. The molecular formula is C14H17F3O. The van der Waals surface area contributed by atoms with Crippen molar-refractivity contribution in [3.05, 3.63) is 35.4 Å². The molecule has 1 aliphatic carbocycles. The van der Waals surface area contributed by atoms with E-state index in [4.69, 9.17) is 0 Å². The van der Waals surface area contributed by atoms with E-state index in [1.54, 1.807) is 6.07 Å². The molecule has 0 aliphatic heterocycles. The molecule has 2 rings (SSSR count). The molecule has 1 nitrogen and oxygen atoms in total. The van der Waals surface area contributed by atoms with Gasteiger partial charge in [-0.05, 0) is 42.9 Å². The number of halogens is 3. The molecule has 0 amide bonds. The molecule has 1 N–H and O–H groups in total. The molecule has 0 aromatic heterocycles. The number of rotatable bonds is 4. The van der Waals surface area contributed by atoms with Crippen LogP contribution in [-0.2, 0) is 11.8 Å². The second kappa shape index (κ2) is 4.57. The van der Waals surface area contributed by atoms with Gasteiger partial charge in [-0.3, -0.25) is 0 Å². The van der Waals surface area contributed by atoms with Gasteiger partial charge in [0.25, 0.3) is 0 Å². The number of hydrogen-bond donors (Lipinski definition) is 1. The van der Waals surface area contributed by atoms with Crippen LogP contribution in [0.4, 0.5) is 13.2 Å². The van der Waals surface area contributed by atoms with Crippen LogP contribution in [0.15, 0.2) is 24.3 Å². The lowest BCUT2D eigenvalue weighted by Gasteiger charge is -2.29. The summed E-state index contributed by atoms with van der Waals surface area (Å²) in [5.41, 5.74) is -1.37. The second-order valence-electron chi connectivity index (χ2n) is 5.03. The molecule has 1 aromatic rings. The Kier molecular flexibility index (Phi) is 3.41. The Morgan fingerprint density at radius 2 is 1.83 bits per heavy atom. The Morgan fingerprint density at radius 3 is 2.33 bits per heavy atom. The van der Waals surface area contributed by atoms with E-state index in [1.165, 1.54) is 6.07 Å². The summed E-state index contributed by atoms with van der Waals surface area (Å²) < 4.78 is 38.0. The van der Waals surface area contributed by atoms with Gasteiger partial charge in [0.05, 0.1) is 11.2 Å². The monoisotopic (exact) mass is 258 g/mol. The predicted octanol–water partition coefficient (Wildman–Crippen LogP) is 4.10. The van der Waals surface area contributed by atoms with E-state index in [2.05, 4.69) is 0 Å². The number of benzene rings is 1. The molecule has 0 spiro atoms. The molecule has 4 heteroatoms. The van der Waals surface area contributed by atoms with Crippen molar-refractivity contribution in [2.75, 3.05) is 0 Å². The maximum Gasteiger partial charge on any atom is 0.416 e. The maximum atomic E-state index is 12.7. The molecule has 0 saturated heterocycles. The first-order valence-corrected chi connectivity index (χ1v) is 6.28. The molecule has 0 heterocycles. The van der Waals surface area contributed by atoms with Crippen LogP contribution in [0, 0.1) is 5.92 Å². The van der Waals surface area contributed by atoms with Crippen LogP contribution < -0.4 is 0 Å². The van der Waals surface area contributed by atoms with Crippen molar-refractivity contribution in [1.29, 1.82) is 0 Å². The van der Waals surface area contributed by atoms with Crippen molar-refractivity contribution in [3.8, 4) is 0 Å². The van der Waals surface area contributed by atoms with Crippen molar-refractivity contribution in [1.82, 2.24) is 0 Å². The van der Waals surface area contributed by atoms with E-state index in [0.717, 1.165) is 31.4 Å². The van der Waals surface area contributed by atoms with Crippen LogP contribution in [0.2, 0.25) is 0 Å². The first-order chi connectivity index (χ1) is 8.38. The summed E-state index contributed by atoms with van der Waals surface area (Å²) in [6, 6.07) is 5.11. The predicted molar refractivity (Wildman–Crippen MR) is 63.0 cm³/mol. The Morgan fingerprint density at radius 1 is 1.22 bits per heavy atom. The van der Waals surface area contributed by atoms with Gasteiger partial charge in [-0.2, -0.15) is 13.2 Å². The van der Waals surface area contributed by atoms with Gasteiger partial charge in [0.1, 0.15) is 0 Å². The fourth-order valence-electron chi connectivity index (χ4n) is 2.49. The summed E-state index contributed by atoms with van der Waals surface area (Å²) >= 11 is 0. The molecule has 0 bridgehead atoms. The van der Waals surface area contributed by atoms with Gasteiger partial charge in [-0.1, -0.05) is 25.5 Å². The topological polar surface area (TPSA) is 20.2 Å². The highest BCUT2D eigenvalue weighted by Gasteiger charge is 2.45. The lowest BCUT2D eigenvalue weighted by molar-refractivity contribution is -0.137. The summed E-state index contributed by atoms with van der Waals surface area (Å²) in [5, 5.41) is 10.6. The Bertz CT molecular complexity index is 423. The highest BCUT2D eigenvalue weighted by Crippen LogP contribution is 2.48. The summed E-state index contributed by atoms with van der Waals surface area (Å²) in [5.74, 6) is 0.112. The summed E-state index contributed by atoms with van der Waals surface area (Å²) in [6.45, 7) is 1.93. The van der Waals surface area contributed by atoms with Crippen LogP contribution in [0.25, 0.3) is 0 Å². The smallest absolute Gasteiger partial charge is 0.385 e. The minimum atomic E-state index is -4.35. The maximum absolute atomic E-state index is 12.7. The summed E-state index contributed by atoms with van der Waals surface area (Å²) in [7, 11) is 0. The second-order valence-corrected chi connectivity index (χ2v) is 5.03. The summed E-state index contributed by atoms with van der Waals surface area (Å²) in [6.07, 6.45) is -1.30. The number of hydrogen-bond acceptors (Lipinski definition) is 1. The highest BCUT2D eigenvalue weighted by molar-refractivity contribution is 5.31. The SMILES string of the molecule is CCCC(O)(c1cccc(C(F)(F)F)c1)C1CC1. The fraction of sp³-hybridized carbons (Fsp3) is 0.571. The van der Waals surface area contributed by atoms with Gasteiger partial charge in [0.15, 0.2) is 0 Å². The highest BCUT2D eigenvalue weighted by atomic mass is 19.4. The fourth-order valence-corrected chi connectivity index (χ4v) is 2.49. The van der Waals surface area contributed by atoms with Crippen molar-refractivity contribution in [2.24, 2.45) is 5.92 Å². The normalized spacial score (nSPS) is 19.6. The minimum absolute atomic E-state index is 0.112. The average molecular weight is 258 g/mol. The van der Waals surface area contributed by atoms with Gasteiger partial charge >= 0.3 is 6.18 Å². The largest absolute Gasteiger partial charge is 0.416 e. The zero-order valence-corrected chi connectivity index (χ0v) is 10.3. The van der Waals surface area contributed by atoms with Crippen molar-refractivity contribution in [3.63, 3.8) is 0 Å². The Balaban J connectivity index is 2.36. The number of alkyl halides is 3. The third kappa shape index (κ3) is 2.53. The zero-order chi connectivity index (χ0) is 13.4. The van der Waals surface area contributed by atoms with E-state index in [-0.39, 0.29) is 5.92 Å². The lowest BCUT2D eigenvalue weighted by Crippen LogP contribution is -2.28. The molecule has 1 unspecified atom stereocenters. The van der Waals surface area contributed by atoms with E-state index < -0.39 is 17.3 Å². The first kappa shape index (κ1) is 13.4. The van der Waals surface area contributed by atoms with Gasteiger partial charge < -0.3 is 5.11 Å². The molecule has 1 aromatic carbocycles. The van der Waals surface area contributed by atoms with Crippen molar-refractivity contribution in [2.45, 2.75) is 44.4 Å². The first-order valence-electron chi connectivity index (χ1n) is 6.28. The summed E-state index contributed by atoms with van der Waals surface area (Å²) in [4.78, 5) is 0. The van der Waals surface area contributed by atoms with Crippen LogP contribution in [-0.4, -0.2) is 5.11 Å². The minimum Gasteiger partial charge on any atom is -0.385 e.